The number of hydrogen-bond acceptors (Lipinski definition) is 3. The Kier molecular flexibility index (Phi) is 8.75. The molecule has 2 unspecified atom stereocenters. The van der Waals surface area contributed by atoms with Crippen molar-refractivity contribution in [3.05, 3.63) is 29.8 Å². The number of aliphatic imine (C=N–C) groups is 1. The van der Waals surface area contributed by atoms with E-state index in [2.05, 4.69) is 60.6 Å². The van der Waals surface area contributed by atoms with E-state index in [-0.39, 0.29) is 6.61 Å². The number of rotatable bonds is 9. The Morgan fingerprint density at radius 1 is 1.27 bits per heavy atom. The molecule has 1 heterocycles. The Morgan fingerprint density at radius 2 is 2.04 bits per heavy atom. The van der Waals surface area contributed by atoms with E-state index in [0.29, 0.717) is 12.0 Å². The molecule has 2 atom stereocenters. The Labute approximate surface area is 158 Å². The van der Waals surface area contributed by atoms with Gasteiger partial charge in [-0.2, -0.15) is 0 Å². The third-order valence-electron chi connectivity index (χ3n) is 5.01. The van der Waals surface area contributed by atoms with Crippen molar-refractivity contribution >= 4 is 11.6 Å². The maximum atomic E-state index is 9.23. The van der Waals surface area contributed by atoms with E-state index in [1.54, 1.807) is 0 Å². The van der Waals surface area contributed by atoms with Crippen LogP contribution in [0.15, 0.2) is 29.3 Å². The summed E-state index contributed by atoms with van der Waals surface area (Å²) in [5, 5.41) is 16.2. The zero-order valence-corrected chi connectivity index (χ0v) is 16.7. The predicted octanol–water partition coefficient (Wildman–Crippen LogP) is 2.93. The average molecular weight is 361 g/mol. The molecule has 0 spiro atoms. The molecule has 5 heteroatoms. The molecule has 1 aliphatic heterocycles. The standard InChI is InChI=1S/C21H36N4O/c1-4-6-18(12-14-26)15-23-21(22-5-2)24-19-11-13-25(16-19)20-9-7-17(3)8-10-20/h7-10,18-19,26H,4-6,11-16H2,1-3H3,(H2,22,23,24). The van der Waals surface area contributed by atoms with Crippen LogP contribution in [0, 0.1) is 12.8 Å². The summed E-state index contributed by atoms with van der Waals surface area (Å²) in [7, 11) is 0. The van der Waals surface area contributed by atoms with Crippen LogP contribution in [0.25, 0.3) is 0 Å². The fourth-order valence-electron chi connectivity index (χ4n) is 3.52. The molecule has 0 saturated carbocycles. The van der Waals surface area contributed by atoms with Crippen molar-refractivity contribution in [2.45, 2.75) is 52.5 Å². The van der Waals surface area contributed by atoms with Gasteiger partial charge in [-0.25, -0.2) is 0 Å². The molecule has 146 valence electrons. The zero-order chi connectivity index (χ0) is 18.8. The van der Waals surface area contributed by atoms with Crippen molar-refractivity contribution in [3.8, 4) is 0 Å². The highest BCUT2D eigenvalue weighted by Gasteiger charge is 2.23. The second kappa shape index (κ2) is 11.1. The van der Waals surface area contributed by atoms with Crippen molar-refractivity contribution in [1.82, 2.24) is 10.6 Å². The highest BCUT2D eigenvalue weighted by Crippen LogP contribution is 2.20. The van der Waals surface area contributed by atoms with E-state index in [1.165, 1.54) is 11.3 Å². The lowest BCUT2D eigenvalue weighted by atomic mass is 10.0. The normalized spacial score (nSPS) is 18.8. The largest absolute Gasteiger partial charge is 0.396 e. The van der Waals surface area contributed by atoms with Crippen LogP contribution >= 0.6 is 0 Å². The molecule has 0 aromatic heterocycles. The van der Waals surface area contributed by atoms with E-state index in [0.717, 1.165) is 57.8 Å². The van der Waals surface area contributed by atoms with Gasteiger partial charge in [-0.3, -0.25) is 4.99 Å². The average Bonchev–Trinajstić information content (AvgIpc) is 3.09. The van der Waals surface area contributed by atoms with Gasteiger partial charge in [0.25, 0.3) is 0 Å². The number of anilines is 1. The molecule has 1 saturated heterocycles. The summed E-state index contributed by atoms with van der Waals surface area (Å²) in [5.74, 6) is 1.37. The summed E-state index contributed by atoms with van der Waals surface area (Å²) >= 11 is 0. The Hall–Kier alpha value is -1.75. The van der Waals surface area contributed by atoms with Crippen LogP contribution < -0.4 is 15.5 Å². The third kappa shape index (κ3) is 6.52. The van der Waals surface area contributed by atoms with Gasteiger partial charge in [0.15, 0.2) is 5.96 Å². The summed E-state index contributed by atoms with van der Waals surface area (Å²) in [5.41, 5.74) is 2.60. The first-order valence-corrected chi connectivity index (χ1v) is 10.1. The molecule has 0 aliphatic carbocycles. The van der Waals surface area contributed by atoms with Gasteiger partial charge in [0.05, 0.1) is 0 Å². The minimum absolute atomic E-state index is 0.248. The van der Waals surface area contributed by atoms with Crippen molar-refractivity contribution < 1.29 is 5.11 Å². The van der Waals surface area contributed by atoms with E-state index in [4.69, 9.17) is 4.99 Å². The smallest absolute Gasteiger partial charge is 0.191 e. The van der Waals surface area contributed by atoms with Gasteiger partial charge in [0.2, 0.25) is 0 Å². The van der Waals surface area contributed by atoms with Gasteiger partial charge >= 0.3 is 0 Å². The Bertz CT molecular complexity index is 537. The molecule has 2 rings (SSSR count). The van der Waals surface area contributed by atoms with E-state index < -0.39 is 0 Å². The predicted molar refractivity (Wildman–Crippen MR) is 111 cm³/mol. The van der Waals surface area contributed by atoms with Crippen LogP contribution in [0.1, 0.15) is 45.1 Å². The van der Waals surface area contributed by atoms with Gasteiger partial charge < -0.3 is 20.6 Å². The van der Waals surface area contributed by atoms with Crippen LogP contribution in [0.3, 0.4) is 0 Å². The molecule has 1 aliphatic rings. The van der Waals surface area contributed by atoms with Gasteiger partial charge in [-0.05, 0) is 51.2 Å². The van der Waals surface area contributed by atoms with Crippen LogP contribution in [0.2, 0.25) is 0 Å². The molecule has 0 amide bonds. The maximum Gasteiger partial charge on any atom is 0.191 e. The van der Waals surface area contributed by atoms with E-state index in [9.17, 15) is 5.11 Å². The molecule has 1 aromatic carbocycles. The molecule has 0 radical (unpaired) electrons. The number of nitrogens with zero attached hydrogens (tertiary/aromatic N) is 2. The molecule has 3 N–H and O–H groups in total. The number of aryl methyl sites for hydroxylation is 1. The Morgan fingerprint density at radius 3 is 2.69 bits per heavy atom. The quantitative estimate of drug-likeness (QED) is 0.468. The fraction of sp³-hybridized carbons (Fsp3) is 0.667. The first-order valence-electron chi connectivity index (χ1n) is 10.1. The summed E-state index contributed by atoms with van der Waals surface area (Å²) in [6.07, 6.45) is 4.21. The van der Waals surface area contributed by atoms with Gasteiger partial charge in [0, 0.05) is 44.5 Å². The van der Waals surface area contributed by atoms with Crippen LogP contribution in [0.4, 0.5) is 5.69 Å². The second-order valence-electron chi connectivity index (χ2n) is 7.30. The van der Waals surface area contributed by atoms with E-state index in [1.807, 2.05) is 0 Å². The first-order chi connectivity index (χ1) is 12.7. The van der Waals surface area contributed by atoms with Gasteiger partial charge in [0.1, 0.15) is 0 Å². The minimum Gasteiger partial charge on any atom is -0.396 e. The first kappa shape index (κ1) is 20.6. The van der Waals surface area contributed by atoms with Crippen molar-refractivity contribution in [1.29, 1.82) is 0 Å². The summed E-state index contributed by atoms with van der Waals surface area (Å²) in [6, 6.07) is 9.19. The van der Waals surface area contributed by atoms with Crippen LogP contribution in [-0.2, 0) is 0 Å². The number of hydrogen-bond donors (Lipinski definition) is 3. The molecule has 26 heavy (non-hydrogen) atoms. The van der Waals surface area contributed by atoms with Crippen molar-refractivity contribution in [2.24, 2.45) is 10.9 Å². The number of benzene rings is 1. The van der Waals surface area contributed by atoms with Crippen molar-refractivity contribution in [2.75, 3.05) is 37.7 Å². The lowest BCUT2D eigenvalue weighted by Crippen LogP contribution is -2.44. The summed E-state index contributed by atoms with van der Waals surface area (Å²) in [4.78, 5) is 7.23. The molecule has 0 bridgehead atoms. The third-order valence-corrected chi connectivity index (χ3v) is 5.01. The number of aliphatic hydroxyl groups is 1. The molecule has 1 fully saturated rings. The molecule has 5 nitrogen and oxygen atoms in total. The highest BCUT2D eigenvalue weighted by molar-refractivity contribution is 5.80. The topological polar surface area (TPSA) is 59.9 Å². The number of nitrogens with one attached hydrogen (secondary N) is 2. The van der Waals surface area contributed by atoms with Crippen molar-refractivity contribution in [3.63, 3.8) is 0 Å². The zero-order valence-electron chi connectivity index (χ0n) is 16.7. The summed E-state index contributed by atoms with van der Waals surface area (Å²) in [6.45, 7) is 10.4. The lowest BCUT2D eigenvalue weighted by molar-refractivity contribution is 0.253. The van der Waals surface area contributed by atoms with Gasteiger partial charge in [-0.15, -0.1) is 0 Å². The number of guanidine groups is 1. The highest BCUT2D eigenvalue weighted by atomic mass is 16.3. The minimum atomic E-state index is 0.248. The monoisotopic (exact) mass is 360 g/mol. The molecular formula is C21H36N4O. The Balaban J connectivity index is 1.90. The van der Waals surface area contributed by atoms with Gasteiger partial charge in [-0.1, -0.05) is 31.0 Å². The maximum absolute atomic E-state index is 9.23. The SMILES string of the molecule is CCCC(CCO)CN=C(NCC)NC1CCN(c2ccc(C)cc2)C1. The molecule has 1 aromatic rings. The van der Waals surface area contributed by atoms with Crippen LogP contribution in [-0.4, -0.2) is 49.9 Å². The fourth-order valence-corrected chi connectivity index (χ4v) is 3.52. The van der Waals surface area contributed by atoms with Crippen LogP contribution in [0.5, 0.6) is 0 Å². The number of aliphatic hydroxyl groups excluding tert-OH is 1. The second-order valence-corrected chi connectivity index (χ2v) is 7.30. The molecular weight excluding hydrogens is 324 g/mol. The lowest BCUT2D eigenvalue weighted by Gasteiger charge is -2.21. The van der Waals surface area contributed by atoms with E-state index >= 15 is 0 Å². The summed E-state index contributed by atoms with van der Waals surface area (Å²) < 4.78 is 0.